The molecule has 0 saturated carbocycles. The van der Waals surface area contributed by atoms with Crippen molar-refractivity contribution >= 4 is 34.8 Å². The number of carbonyl (C=O) groups is 3. The molecule has 3 aliphatic heterocycles. The van der Waals surface area contributed by atoms with E-state index >= 15 is 0 Å². The molecule has 2 fully saturated rings. The SMILES string of the molecule is CC12CCC(=O)N1c1ccccc1C(=O)N2CCC(=O)Nc1cc(F)ccc1N1CCCCC1. The minimum atomic E-state index is -0.805. The Labute approximate surface area is 198 Å². The summed E-state index contributed by atoms with van der Waals surface area (Å²) < 4.78 is 14.0. The van der Waals surface area contributed by atoms with E-state index in [1.807, 2.05) is 13.0 Å². The van der Waals surface area contributed by atoms with Crippen molar-refractivity contribution in [1.82, 2.24) is 4.90 Å². The molecule has 2 aromatic rings. The lowest BCUT2D eigenvalue weighted by Gasteiger charge is -2.48. The first-order chi connectivity index (χ1) is 16.4. The lowest BCUT2D eigenvalue weighted by atomic mass is 9.98. The molecule has 0 aromatic heterocycles. The summed E-state index contributed by atoms with van der Waals surface area (Å²) in [6.07, 6.45) is 4.21. The van der Waals surface area contributed by atoms with Gasteiger partial charge in [-0.05, 0) is 62.9 Å². The molecule has 1 unspecified atom stereocenters. The number of halogens is 1. The Morgan fingerprint density at radius 3 is 2.62 bits per heavy atom. The fraction of sp³-hybridized carbons (Fsp3) is 0.423. The summed E-state index contributed by atoms with van der Waals surface area (Å²) in [5.74, 6) is -0.916. The number of hydrogen-bond acceptors (Lipinski definition) is 4. The summed E-state index contributed by atoms with van der Waals surface area (Å²) in [7, 11) is 0. The number of fused-ring (bicyclic) bond motifs is 3. The molecule has 2 aromatic carbocycles. The second-order valence-electron chi connectivity index (χ2n) is 9.43. The monoisotopic (exact) mass is 464 g/mol. The van der Waals surface area contributed by atoms with Gasteiger partial charge in [0.15, 0.2) is 0 Å². The van der Waals surface area contributed by atoms with Crippen molar-refractivity contribution < 1.29 is 18.8 Å². The van der Waals surface area contributed by atoms with Gasteiger partial charge < -0.3 is 15.1 Å². The minimum Gasteiger partial charge on any atom is -0.370 e. The Kier molecular flexibility index (Phi) is 5.75. The molecular formula is C26H29FN4O3. The average molecular weight is 465 g/mol. The molecule has 7 nitrogen and oxygen atoms in total. The van der Waals surface area contributed by atoms with Crippen LogP contribution in [0.25, 0.3) is 0 Å². The van der Waals surface area contributed by atoms with Crippen molar-refractivity contribution in [3.8, 4) is 0 Å². The zero-order valence-corrected chi connectivity index (χ0v) is 19.3. The van der Waals surface area contributed by atoms with Crippen LogP contribution in [0, 0.1) is 5.82 Å². The molecule has 3 heterocycles. The molecular weight excluding hydrogens is 435 g/mol. The van der Waals surface area contributed by atoms with Crippen molar-refractivity contribution in [3.63, 3.8) is 0 Å². The Morgan fingerprint density at radius 1 is 1.06 bits per heavy atom. The highest BCUT2D eigenvalue weighted by Crippen LogP contribution is 2.44. The third-order valence-electron chi connectivity index (χ3n) is 7.24. The Bertz CT molecular complexity index is 1150. The van der Waals surface area contributed by atoms with Crippen molar-refractivity contribution in [2.75, 3.05) is 34.8 Å². The van der Waals surface area contributed by atoms with Gasteiger partial charge in [0.2, 0.25) is 11.8 Å². The number of carbonyl (C=O) groups excluding carboxylic acids is 3. The van der Waals surface area contributed by atoms with Crippen LogP contribution in [0.15, 0.2) is 42.5 Å². The number of anilines is 3. The molecule has 8 heteroatoms. The third-order valence-corrected chi connectivity index (χ3v) is 7.24. The lowest BCUT2D eigenvalue weighted by Crippen LogP contribution is -2.62. The molecule has 34 heavy (non-hydrogen) atoms. The van der Waals surface area contributed by atoms with Crippen molar-refractivity contribution in [2.24, 2.45) is 0 Å². The summed E-state index contributed by atoms with van der Waals surface area (Å²) in [5.41, 5.74) is 1.56. The zero-order chi connectivity index (χ0) is 23.9. The molecule has 0 aliphatic carbocycles. The number of benzene rings is 2. The maximum absolute atomic E-state index is 14.0. The molecule has 1 atom stereocenters. The fourth-order valence-corrected chi connectivity index (χ4v) is 5.49. The normalized spacial score (nSPS) is 22.0. The van der Waals surface area contributed by atoms with Gasteiger partial charge in [-0.25, -0.2) is 4.39 Å². The maximum atomic E-state index is 14.0. The zero-order valence-electron chi connectivity index (χ0n) is 19.3. The van der Waals surface area contributed by atoms with E-state index < -0.39 is 11.5 Å². The van der Waals surface area contributed by atoms with Crippen LogP contribution in [0.1, 0.15) is 55.8 Å². The quantitative estimate of drug-likeness (QED) is 0.722. The van der Waals surface area contributed by atoms with E-state index in [0.29, 0.717) is 29.8 Å². The van der Waals surface area contributed by atoms with Gasteiger partial charge in [0, 0.05) is 32.5 Å². The van der Waals surface area contributed by atoms with Gasteiger partial charge in [-0.1, -0.05) is 12.1 Å². The van der Waals surface area contributed by atoms with Gasteiger partial charge in [-0.2, -0.15) is 0 Å². The summed E-state index contributed by atoms with van der Waals surface area (Å²) in [6.45, 7) is 3.79. The molecule has 3 amide bonds. The fourth-order valence-electron chi connectivity index (χ4n) is 5.49. The number of nitrogens with one attached hydrogen (secondary N) is 1. The molecule has 0 radical (unpaired) electrons. The van der Waals surface area contributed by atoms with Gasteiger partial charge in [0.1, 0.15) is 11.5 Å². The lowest BCUT2D eigenvalue weighted by molar-refractivity contribution is -0.117. The first kappa shape index (κ1) is 22.4. The standard InChI is InChI=1S/C26H29FN4O3/c1-26-13-11-24(33)31(26)21-8-4-3-7-19(21)25(34)30(26)16-12-23(32)28-20-17-18(27)9-10-22(20)29-14-5-2-6-15-29/h3-4,7-10,17H,2,5-6,11-16H2,1H3,(H,28,32). The van der Waals surface area contributed by atoms with Crippen LogP contribution in [0.3, 0.4) is 0 Å². The summed E-state index contributed by atoms with van der Waals surface area (Å²) in [6, 6.07) is 11.6. The third kappa shape index (κ3) is 3.81. The van der Waals surface area contributed by atoms with Crippen LogP contribution in [-0.2, 0) is 9.59 Å². The number of amides is 3. The van der Waals surface area contributed by atoms with Crippen LogP contribution in [0.5, 0.6) is 0 Å². The minimum absolute atomic E-state index is 0.0252. The Hall–Kier alpha value is -3.42. The largest absolute Gasteiger partial charge is 0.370 e. The van der Waals surface area contributed by atoms with E-state index in [1.54, 1.807) is 34.1 Å². The average Bonchev–Trinajstić information content (AvgIpc) is 3.14. The molecule has 5 rings (SSSR count). The Balaban J connectivity index is 1.34. The van der Waals surface area contributed by atoms with Crippen LogP contribution in [0.4, 0.5) is 21.5 Å². The van der Waals surface area contributed by atoms with Crippen LogP contribution in [-0.4, -0.2) is 47.9 Å². The predicted molar refractivity (Wildman–Crippen MR) is 128 cm³/mol. The second-order valence-corrected chi connectivity index (χ2v) is 9.43. The van der Waals surface area contributed by atoms with E-state index in [-0.39, 0.29) is 30.7 Å². The Morgan fingerprint density at radius 2 is 1.82 bits per heavy atom. The van der Waals surface area contributed by atoms with Crippen LogP contribution < -0.4 is 15.1 Å². The number of rotatable bonds is 5. The summed E-state index contributed by atoms with van der Waals surface area (Å²) >= 11 is 0. The van der Waals surface area contributed by atoms with Gasteiger partial charge in [-0.15, -0.1) is 0 Å². The van der Waals surface area contributed by atoms with E-state index in [9.17, 15) is 18.8 Å². The van der Waals surface area contributed by atoms with Gasteiger partial charge in [0.05, 0.1) is 22.6 Å². The van der Waals surface area contributed by atoms with E-state index in [0.717, 1.165) is 31.6 Å². The highest BCUT2D eigenvalue weighted by Gasteiger charge is 2.52. The number of piperidine rings is 1. The number of hydrogen-bond donors (Lipinski definition) is 1. The first-order valence-corrected chi connectivity index (χ1v) is 12.0. The van der Waals surface area contributed by atoms with Gasteiger partial charge in [0.25, 0.3) is 5.91 Å². The van der Waals surface area contributed by atoms with E-state index in [1.165, 1.54) is 18.6 Å². The highest BCUT2D eigenvalue weighted by atomic mass is 19.1. The molecule has 178 valence electrons. The molecule has 3 aliphatic rings. The van der Waals surface area contributed by atoms with Crippen LogP contribution >= 0.6 is 0 Å². The summed E-state index contributed by atoms with van der Waals surface area (Å²) in [4.78, 5) is 44.5. The van der Waals surface area contributed by atoms with Crippen LogP contribution in [0.2, 0.25) is 0 Å². The number of para-hydroxylation sites is 1. The first-order valence-electron chi connectivity index (χ1n) is 12.0. The second kappa shape index (κ2) is 8.74. The molecule has 0 spiro atoms. The number of nitrogens with zero attached hydrogens (tertiary/aromatic N) is 3. The van der Waals surface area contributed by atoms with Crippen molar-refractivity contribution in [3.05, 3.63) is 53.8 Å². The van der Waals surface area contributed by atoms with Gasteiger partial charge >= 0.3 is 0 Å². The topological polar surface area (TPSA) is 73.0 Å². The highest BCUT2D eigenvalue weighted by molar-refractivity contribution is 6.10. The molecule has 0 bridgehead atoms. The van der Waals surface area contributed by atoms with Crippen molar-refractivity contribution in [1.29, 1.82) is 0 Å². The van der Waals surface area contributed by atoms with E-state index in [2.05, 4.69) is 10.2 Å². The smallest absolute Gasteiger partial charge is 0.257 e. The summed E-state index contributed by atoms with van der Waals surface area (Å²) in [5, 5.41) is 2.86. The predicted octanol–water partition coefficient (Wildman–Crippen LogP) is 4.14. The van der Waals surface area contributed by atoms with Gasteiger partial charge in [-0.3, -0.25) is 19.3 Å². The molecule has 2 saturated heterocycles. The maximum Gasteiger partial charge on any atom is 0.257 e. The molecule has 1 N–H and O–H groups in total. The van der Waals surface area contributed by atoms with Crippen molar-refractivity contribution in [2.45, 2.75) is 51.1 Å². The van der Waals surface area contributed by atoms with E-state index in [4.69, 9.17) is 0 Å².